The lowest BCUT2D eigenvalue weighted by atomic mass is 9.87. The maximum atomic E-state index is 13.8. The highest BCUT2D eigenvalue weighted by Gasteiger charge is 2.43. The van der Waals surface area contributed by atoms with Crippen LogP contribution in [-0.4, -0.2) is 44.3 Å². The molecule has 2 heterocycles. The number of Topliss-reactive ketones (excluding diaryl/α,β-unsaturated/α-hetero) is 2. The van der Waals surface area contributed by atoms with Crippen molar-refractivity contribution < 1.29 is 32.8 Å². The Hall–Kier alpha value is -3.47. The Balaban J connectivity index is 1.49. The Bertz CT molecular complexity index is 1630. The van der Waals surface area contributed by atoms with Crippen LogP contribution in [-0.2, 0) is 39.8 Å². The molecule has 1 aliphatic carbocycles. The van der Waals surface area contributed by atoms with Crippen LogP contribution in [0.2, 0.25) is 0 Å². The van der Waals surface area contributed by atoms with Gasteiger partial charge in [0.25, 0.3) is 0 Å². The van der Waals surface area contributed by atoms with Crippen LogP contribution < -0.4 is 14.2 Å². The number of methoxy groups -OCH3 is 1. The number of nitrogens with zero attached hydrogens (tertiary/aromatic N) is 1. The Morgan fingerprint density at radius 3 is 2.51 bits per heavy atom. The first-order valence-electron chi connectivity index (χ1n) is 14.2. The number of halogens is 1. The lowest BCUT2D eigenvalue weighted by Gasteiger charge is -2.30. The van der Waals surface area contributed by atoms with Crippen molar-refractivity contribution in [3.8, 4) is 22.8 Å². The summed E-state index contributed by atoms with van der Waals surface area (Å²) in [6, 6.07) is 11.0. The maximum absolute atomic E-state index is 13.8. The van der Waals surface area contributed by atoms with Crippen molar-refractivity contribution in [3.63, 3.8) is 0 Å². The second-order valence-corrected chi connectivity index (χ2v) is 14.7. The standard InChI is InChI=1S/C33H37FN2O6S/c1-31(2,3)43(40)36-32(4)18-42-30-25(32)17-28(35-29(30)19-7-9-22(34)10-8-19)33(5,39)12-11-26(38)21-13-20-14-23(37)16-24(20)27(15-21)41-6/h7-10,13,15,17,36,39H,11-12,14,16,18H2,1-6H3. The molecule has 228 valence electrons. The molecule has 0 spiro atoms. The normalized spacial score (nSPS) is 19.8. The highest BCUT2D eigenvalue weighted by atomic mass is 32.2. The molecule has 0 saturated heterocycles. The highest BCUT2D eigenvalue weighted by molar-refractivity contribution is 7.84. The summed E-state index contributed by atoms with van der Waals surface area (Å²) >= 11 is 0. The Kier molecular flexibility index (Phi) is 8.09. The molecule has 5 rings (SSSR count). The molecule has 0 fully saturated rings. The Morgan fingerprint density at radius 2 is 1.86 bits per heavy atom. The van der Waals surface area contributed by atoms with E-state index in [0.717, 1.165) is 11.1 Å². The molecule has 0 saturated carbocycles. The maximum Gasteiger partial charge on any atom is 0.163 e. The SMILES string of the molecule is COc1cc(C(=O)CCC(C)(O)c2cc3c(c(-c4ccc(F)cc4)n2)OCC3(C)NS(=O)C(C)(C)C)cc2c1CC(=O)C2. The fourth-order valence-corrected chi connectivity index (χ4v) is 6.30. The second-order valence-electron chi connectivity index (χ2n) is 12.7. The zero-order valence-corrected chi connectivity index (χ0v) is 26.1. The number of carbonyl (C=O) groups excluding carboxylic acids is 2. The summed E-state index contributed by atoms with van der Waals surface area (Å²) in [6.45, 7) is 9.26. The van der Waals surface area contributed by atoms with Crippen molar-refractivity contribution in [2.24, 2.45) is 0 Å². The van der Waals surface area contributed by atoms with Gasteiger partial charge >= 0.3 is 0 Å². The van der Waals surface area contributed by atoms with Gasteiger partial charge in [-0.05, 0) is 89.1 Å². The van der Waals surface area contributed by atoms with Gasteiger partial charge in [-0.1, -0.05) is 0 Å². The average Bonchev–Trinajstić information content (AvgIpc) is 3.49. The summed E-state index contributed by atoms with van der Waals surface area (Å²) in [4.78, 5) is 30.1. The third kappa shape index (κ3) is 6.14. The zero-order chi connectivity index (χ0) is 31.3. The van der Waals surface area contributed by atoms with Crippen LogP contribution in [0.3, 0.4) is 0 Å². The first-order valence-corrected chi connectivity index (χ1v) is 15.4. The van der Waals surface area contributed by atoms with Crippen molar-refractivity contribution >= 4 is 22.6 Å². The summed E-state index contributed by atoms with van der Waals surface area (Å²) in [6.07, 6.45) is 0.624. The third-order valence-electron chi connectivity index (χ3n) is 8.06. The van der Waals surface area contributed by atoms with E-state index in [9.17, 15) is 23.3 Å². The highest BCUT2D eigenvalue weighted by Crippen LogP contribution is 2.45. The van der Waals surface area contributed by atoms with Gasteiger partial charge in [0, 0.05) is 41.5 Å². The Morgan fingerprint density at radius 1 is 1.16 bits per heavy atom. The topological polar surface area (TPSA) is 115 Å². The van der Waals surface area contributed by atoms with E-state index >= 15 is 0 Å². The van der Waals surface area contributed by atoms with Crippen LogP contribution in [0.25, 0.3) is 11.3 Å². The van der Waals surface area contributed by atoms with Crippen LogP contribution in [0.4, 0.5) is 4.39 Å². The fraction of sp³-hybridized carbons (Fsp3) is 0.424. The minimum Gasteiger partial charge on any atom is -0.496 e. The second kappa shape index (κ2) is 11.2. The van der Waals surface area contributed by atoms with Gasteiger partial charge in [0.05, 0.1) is 34.1 Å². The Labute approximate surface area is 253 Å². The summed E-state index contributed by atoms with van der Waals surface area (Å²) in [5.41, 5.74) is 1.59. The van der Waals surface area contributed by atoms with Gasteiger partial charge in [0.1, 0.15) is 35.3 Å². The van der Waals surface area contributed by atoms with E-state index < -0.39 is 32.7 Å². The number of ether oxygens (including phenoxy) is 2. The minimum atomic E-state index is -1.54. The van der Waals surface area contributed by atoms with Crippen LogP contribution in [0, 0.1) is 5.82 Å². The summed E-state index contributed by atoms with van der Waals surface area (Å²) in [5.74, 6) is 0.459. The molecule has 1 aliphatic heterocycles. The number of fused-ring (bicyclic) bond motifs is 2. The number of aromatic nitrogens is 1. The van der Waals surface area contributed by atoms with Crippen molar-refractivity contribution in [1.29, 1.82) is 0 Å². The van der Waals surface area contributed by atoms with E-state index in [2.05, 4.69) is 4.72 Å². The van der Waals surface area contributed by atoms with Gasteiger partial charge in [-0.2, -0.15) is 0 Å². The van der Waals surface area contributed by atoms with Crippen LogP contribution in [0.15, 0.2) is 42.5 Å². The number of benzene rings is 2. The first kappa shape index (κ1) is 31.0. The van der Waals surface area contributed by atoms with E-state index in [1.165, 1.54) is 19.2 Å². The monoisotopic (exact) mass is 608 g/mol. The van der Waals surface area contributed by atoms with E-state index in [4.69, 9.17) is 14.5 Å². The average molecular weight is 609 g/mol. The van der Waals surface area contributed by atoms with Crippen molar-refractivity contribution in [1.82, 2.24) is 9.71 Å². The van der Waals surface area contributed by atoms with Crippen molar-refractivity contribution in [2.45, 2.75) is 76.2 Å². The zero-order valence-electron chi connectivity index (χ0n) is 25.3. The molecule has 3 unspecified atom stereocenters. The summed E-state index contributed by atoms with van der Waals surface area (Å²) in [7, 11) is 0.0826. The summed E-state index contributed by atoms with van der Waals surface area (Å²) in [5, 5.41) is 11.7. The van der Waals surface area contributed by atoms with E-state index in [1.807, 2.05) is 27.7 Å². The molecule has 1 aromatic heterocycles. The van der Waals surface area contributed by atoms with E-state index in [-0.39, 0.29) is 37.4 Å². The lowest BCUT2D eigenvalue weighted by Crippen LogP contribution is -2.47. The number of ketones is 2. The lowest BCUT2D eigenvalue weighted by molar-refractivity contribution is -0.117. The summed E-state index contributed by atoms with van der Waals surface area (Å²) < 4.78 is 41.2. The molecule has 2 N–H and O–H groups in total. The van der Waals surface area contributed by atoms with Gasteiger partial charge in [0.2, 0.25) is 0 Å². The third-order valence-corrected chi connectivity index (χ3v) is 9.81. The van der Waals surface area contributed by atoms with Gasteiger partial charge in [0.15, 0.2) is 11.5 Å². The number of carbonyl (C=O) groups is 2. The predicted molar refractivity (Wildman–Crippen MR) is 162 cm³/mol. The molecule has 0 bridgehead atoms. The van der Waals surface area contributed by atoms with Gasteiger partial charge in [-0.15, -0.1) is 0 Å². The molecule has 43 heavy (non-hydrogen) atoms. The van der Waals surface area contributed by atoms with Gasteiger partial charge in [-0.3, -0.25) is 9.59 Å². The first-order chi connectivity index (χ1) is 20.1. The molecule has 2 aliphatic rings. The van der Waals surface area contributed by atoms with Crippen molar-refractivity contribution in [3.05, 3.63) is 76.2 Å². The molecule has 3 atom stereocenters. The van der Waals surface area contributed by atoms with E-state index in [0.29, 0.717) is 46.0 Å². The molecule has 2 aromatic carbocycles. The number of pyridine rings is 1. The number of aliphatic hydroxyl groups is 1. The van der Waals surface area contributed by atoms with Crippen LogP contribution in [0.5, 0.6) is 11.5 Å². The molecule has 3 aromatic rings. The van der Waals surface area contributed by atoms with Crippen LogP contribution in [0.1, 0.15) is 80.2 Å². The largest absolute Gasteiger partial charge is 0.496 e. The number of hydrogen-bond donors (Lipinski definition) is 2. The smallest absolute Gasteiger partial charge is 0.163 e. The molecular weight excluding hydrogens is 571 g/mol. The molecule has 0 amide bonds. The number of nitrogens with one attached hydrogen (secondary N) is 1. The van der Waals surface area contributed by atoms with Crippen LogP contribution >= 0.6 is 0 Å². The number of hydrogen-bond acceptors (Lipinski definition) is 7. The molecule has 10 heteroatoms. The number of rotatable bonds is 9. The van der Waals surface area contributed by atoms with Gasteiger partial charge in [-0.25, -0.2) is 18.3 Å². The van der Waals surface area contributed by atoms with Crippen molar-refractivity contribution in [2.75, 3.05) is 13.7 Å². The van der Waals surface area contributed by atoms with E-state index in [1.54, 1.807) is 37.3 Å². The molecule has 0 radical (unpaired) electrons. The molecule has 8 nitrogen and oxygen atoms in total. The molecular formula is C33H37FN2O6S. The predicted octanol–water partition coefficient (Wildman–Crippen LogP) is 5.09. The fourth-order valence-electron chi connectivity index (χ4n) is 5.41. The quantitative estimate of drug-likeness (QED) is 0.325. The van der Waals surface area contributed by atoms with Gasteiger partial charge < -0.3 is 14.6 Å². The minimum absolute atomic E-state index is 0.00753.